The average molecular weight is 324 g/mol. The van der Waals surface area contributed by atoms with Crippen molar-refractivity contribution in [3.63, 3.8) is 0 Å². The lowest BCUT2D eigenvalue weighted by Crippen LogP contribution is -2.33. The SMILES string of the molecule is CC(C)(C)[S@@](=O)Cc1cccc(NC(=O)N2CC[C@H](O)C2)c1. The summed E-state index contributed by atoms with van der Waals surface area (Å²) in [6.07, 6.45) is 0.198. The predicted molar refractivity (Wildman–Crippen MR) is 89.3 cm³/mol. The van der Waals surface area contributed by atoms with Crippen LogP contribution in [0.4, 0.5) is 10.5 Å². The number of nitrogens with zero attached hydrogens (tertiary/aromatic N) is 1. The second kappa shape index (κ2) is 6.79. The van der Waals surface area contributed by atoms with Crippen LogP contribution in [-0.4, -0.2) is 44.2 Å². The van der Waals surface area contributed by atoms with Crippen LogP contribution in [0.1, 0.15) is 32.8 Å². The Bertz CT molecular complexity index is 569. The summed E-state index contributed by atoms with van der Waals surface area (Å²) in [6, 6.07) is 7.23. The van der Waals surface area contributed by atoms with Crippen molar-refractivity contribution in [2.75, 3.05) is 18.4 Å². The highest BCUT2D eigenvalue weighted by molar-refractivity contribution is 7.85. The minimum atomic E-state index is -0.972. The minimum absolute atomic E-state index is 0.203. The van der Waals surface area contributed by atoms with E-state index in [0.717, 1.165) is 5.56 Å². The summed E-state index contributed by atoms with van der Waals surface area (Å²) < 4.78 is 11.9. The third-order valence-electron chi connectivity index (χ3n) is 3.61. The van der Waals surface area contributed by atoms with Gasteiger partial charge >= 0.3 is 6.03 Å². The van der Waals surface area contributed by atoms with Crippen LogP contribution in [-0.2, 0) is 16.6 Å². The Morgan fingerprint density at radius 1 is 1.45 bits per heavy atom. The number of anilines is 1. The van der Waals surface area contributed by atoms with Gasteiger partial charge in [-0.15, -0.1) is 0 Å². The van der Waals surface area contributed by atoms with Gasteiger partial charge in [0.25, 0.3) is 0 Å². The van der Waals surface area contributed by atoms with Crippen molar-refractivity contribution in [2.24, 2.45) is 0 Å². The van der Waals surface area contributed by atoms with Crippen LogP contribution in [0, 0.1) is 0 Å². The molecule has 0 aliphatic carbocycles. The lowest BCUT2D eigenvalue weighted by Gasteiger charge is -2.19. The zero-order valence-electron chi connectivity index (χ0n) is 13.3. The molecule has 1 aromatic rings. The maximum atomic E-state index is 12.2. The summed E-state index contributed by atoms with van der Waals surface area (Å²) in [5, 5.41) is 12.3. The molecule has 2 rings (SSSR count). The number of hydrogen-bond acceptors (Lipinski definition) is 3. The van der Waals surface area contributed by atoms with Crippen LogP contribution in [0.2, 0.25) is 0 Å². The van der Waals surface area contributed by atoms with E-state index in [1.165, 1.54) is 0 Å². The second-order valence-electron chi connectivity index (χ2n) is 6.62. The molecule has 0 spiro atoms. The Balaban J connectivity index is 1.99. The van der Waals surface area contributed by atoms with E-state index in [4.69, 9.17) is 0 Å². The van der Waals surface area contributed by atoms with Crippen molar-refractivity contribution in [1.82, 2.24) is 4.90 Å². The number of likely N-dealkylation sites (tertiary alicyclic amines) is 1. The van der Waals surface area contributed by atoms with Crippen LogP contribution in [0.3, 0.4) is 0 Å². The molecule has 1 saturated heterocycles. The molecule has 0 saturated carbocycles. The highest BCUT2D eigenvalue weighted by Gasteiger charge is 2.24. The zero-order valence-corrected chi connectivity index (χ0v) is 14.2. The molecule has 0 unspecified atom stereocenters. The van der Waals surface area contributed by atoms with E-state index < -0.39 is 16.9 Å². The number of benzene rings is 1. The number of β-amino-alcohol motifs (C(OH)–C–C–N with tert-alkyl or cyclic N) is 1. The molecule has 1 aliphatic heterocycles. The molecule has 0 aromatic heterocycles. The molecule has 122 valence electrons. The number of hydrogen-bond donors (Lipinski definition) is 2. The van der Waals surface area contributed by atoms with Gasteiger partial charge in [-0.25, -0.2) is 4.79 Å². The summed E-state index contributed by atoms with van der Waals surface area (Å²) in [6.45, 7) is 6.80. The normalized spacial score (nSPS) is 20.0. The topological polar surface area (TPSA) is 69.6 Å². The fourth-order valence-corrected chi connectivity index (χ4v) is 3.15. The molecule has 1 aliphatic rings. The zero-order chi connectivity index (χ0) is 16.3. The smallest absolute Gasteiger partial charge is 0.321 e. The van der Waals surface area contributed by atoms with Gasteiger partial charge in [0.15, 0.2) is 0 Å². The van der Waals surface area contributed by atoms with Crippen LogP contribution in [0.5, 0.6) is 0 Å². The number of carbonyl (C=O) groups is 1. The van der Waals surface area contributed by atoms with Crippen LogP contribution < -0.4 is 5.32 Å². The summed E-state index contributed by atoms with van der Waals surface area (Å²) in [5.41, 5.74) is 1.63. The molecule has 6 heteroatoms. The highest BCUT2D eigenvalue weighted by Crippen LogP contribution is 2.19. The van der Waals surface area contributed by atoms with Gasteiger partial charge in [-0.2, -0.15) is 0 Å². The fourth-order valence-electron chi connectivity index (χ4n) is 2.24. The molecule has 1 fully saturated rings. The van der Waals surface area contributed by atoms with Gasteiger partial charge in [-0.3, -0.25) is 4.21 Å². The van der Waals surface area contributed by atoms with Gasteiger partial charge in [0, 0.05) is 40.1 Å². The number of aliphatic hydroxyl groups is 1. The van der Waals surface area contributed by atoms with Gasteiger partial charge < -0.3 is 15.3 Å². The number of aliphatic hydroxyl groups excluding tert-OH is 1. The Morgan fingerprint density at radius 2 is 2.18 bits per heavy atom. The minimum Gasteiger partial charge on any atom is -0.391 e. The van der Waals surface area contributed by atoms with Crippen molar-refractivity contribution in [3.05, 3.63) is 29.8 Å². The number of nitrogens with one attached hydrogen (secondary N) is 1. The van der Waals surface area contributed by atoms with Crippen molar-refractivity contribution in [2.45, 2.75) is 43.8 Å². The number of urea groups is 1. The number of amides is 2. The van der Waals surface area contributed by atoms with Gasteiger partial charge in [-0.1, -0.05) is 12.1 Å². The van der Waals surface area contributed by atoms with Crippen LogP contribution in [0.25, 0.3) is 0 Å². The van der Waals surface area contributed by atoms with E-state index in [2.05, 4.69) is 5.32 Å². The molecule has 0 radical (unpaired) electrons. The standard InChI is InChI=1S/C16H24N2O3S/c1-16(2,3)22(21)11-12-5-4-6-13(9-12)17-15(20)18-8-7-14(19)10-18/h4-6,9,14,19H,7-8,10-11H2,1-3H3,(H,17,20)/t14-,22-/m0/s1. The van der Waals surface area contributed by atoms with E-state index in [9.17, 15) is 14.1 Å². The summed E-state index contributed by atoms with van der Waals surface area (Å²) >= 11 is 0. The maximum absolute atomic E-state index is 12.2. The second-order valence-corrected chi connectivity index (χ2v) is 8.83. The molecule has 1 aromatic carbocycles. The maximum Gasteiger partial charge on any atom is 0.321 e. The summed E-state index contributed by atoms with van der Waals surface area (Å²) in [4.78, 5) is 13.7. The average Bonchev–Trinajstić information content (AvgIpc) is 2.85. The summed E-state index contributed by atoms with van der Waals surface area (Å²) in [7, 11) is -0.972. The molecule has 0 bridgehead atoms. The predicted octanol–water partition coefficient (Wildman–Crippen LogP) is 2.33. The van der Waals surface area contributed by atoms with Crippen LogP contribution in [0.15, 0.2) is 24.3 Å². The number of rotatable bonds is 3. The molecule has 22 heavy (non-hydrogen) atoms. The van der Waals surface area contributed by atoms with Gasteiger partial charge in [0.05, 0.1) is 6.10 Å². The van der Waals surface area contributed by atoms with Crippen molar-refractivity contribution in [3.8, 4) is 0 Å². The third kappa shape index (κ3) is 4.55. The van der Waals surface area contributed by atoms with Crippen molar-refractivity contribution >= 4 is 22.5 Å². The molecule has 2 atom stereocenters. The molecule has 2 N–H and O–H groups in total. The lowest BCUT2D eigenvalue weighted by atomic mass is 10.2. The third-order valence-corrected chi connectivity index (χ3v) is 5.57. The molecule has 2 amide bonds. The Kier molecular flexibility index (Phi) is 5.24. The molecule has 5 nitrogen and oxygen atoms in total. The lowest BCUT2D eigenvalue weighted by molar-refractivity contribution is 0.176. The van der Waals surface area contributed by atoms with E-state index in [1.807, 2.05) is 45.0 Å². The first kappa shape index (κ1) is 17.0. The van der Waals surface area contributed by atoms with Gasteiger partial charge in [-0.05, 0) is 44.9 Å². The monoisotopic (exact) mass is 324 g/mol. The van der Waals surface area contributed by atoms with Crippen molar-refractivity contribution in [1.29, 1.82) is 0 Å². The Labute approximate surface area is 134 Å². The Hall–Kier alpha value is -1.40. The summed E-state index contributed by atoms with van der Waals surface area (Å²) in [5.74, 6) is 0.468. The van der Waals surface area contributed by atoms with E-state index in [0.29, 0.717) is 31.0 Å². The fraction of sp³-hybridized carbons (Fsp3) is 0.562. The van der Waals surface area contributed by atoms with Gasteiger partial charge in [0.2, 0.25) is 0 Å². The van der Waals surface area contributed by atoms with Crippen LogP contribution >= 0.6 is 0 Å². The van der Waals surface area contributed by atoms with Gasteiger partial charge in [0.1, 0.15) is 0 Å². The van der Waals surface area contributed by atoms with E-state index >= 15 is 0 Å². The van der Waals surface area contributed by atoms with E-state index in [-0.39, 0.29) is 10.8 Å². The van der Waals surface area contributed by atoms with Crippen molar-refractivity contribution < 1.29 is 14.1 Å². The first-order valence-corrected chi connectivity index (χ1v) is 8.79. The molecular weight excluding hydrogens is 300 g/mol. The number of carbonyl (C=O) groups excluding carboxylic acids is 1. The highest BCUT2D eigenvalue weighted by atomic mass is 32.2. The largest absolute Gasteiger partial charge is 0.391 e. The Morgan fingerprint density at radius 3 is 2.77 bits per heavy atom. The molecule has 1 heterocycles. The quantitative estimate of drug-likeness (QED) is 0.896. The van der Waals surface area contributed by atoms with E-state index in [1.54, 1.807) is 4.90 Å². The first-order valence-electron chi connectivity index (χ1n) is 7.47. The molecular formula is C16H24N2O3S. The first-order chi connectivity index (χ1) is 10.3.